The number of hydrogen-bond acceptors (Lipinski definition) is 6. The van der Waals surface area contributed by atoms with E-state index in [9.17, 15) is 4.79 Å². The maximum Gasteiger partial charge on any atom is 0.226 e. The molecule has 32 heavy (non-hydrogen) atoms. The Bertz CT molecular complexity index is 1060. The summed E-state index contributed by atoms with van der Waals surface area (Å²) >= 11 is 5.35. The molecule has 0 aliphatic carbocycles. The van der Waals surface area contributed by atoms with Crippen LogP contribution in [0.25, 0.3) is 11.4 Å². The van der Waals surface area contributed by atoms with Crippen LogP contribution in [0.5, 0.6) is 5.75 Å². The molecule has 0 saturated heterocycles. The average molecular weight is 457 g/mol. The van der Waals surface area contributed by atoms with Crippen LogP contribution in [0.15, 0.2) is 48.5 Å². The number of carbonyl (C=O) groups is 1. The number of methoxy groups -OCH3 is 1. The molecular formula is C23H28N4O4S. The molecule has 8 nitrogen and oxygen atoms in total. The molecule has 1 amide bonds. The van der Waals surface area contributed by atoms with Gasteiger partial charge in [0.05, 0.1) is 26.9 Å². The zero-order valence-electron chi connectivity index (χ0n) is 18.3. The Labute approximate surface area is 192 Å². The largest absolute Gasteiger partial charge is 0.497 e. The van der Waals surface area contributed by atoms with Crippen LogP contribution < -0.4 is 10.1 Å². The number of nitrogens with one attached hydrogen (secondary N) is 2. The van der Waals surface area contributed by atoms with E-state index in [0.29, 0.717) is 43.6 Å². The highest BCUT2D eigenvalue weighted by Crippen LogP contribution is 2.21. The molecule has 0 aliphatic heterocycles. The Hall–Kier alpha value is -3.01. The zero-order valence-corrected chi connectivity index (χ0v) is 19.1. The van der Waals surface area contributed by atoms with Crippen LogP contribution in [-0.4, -0.2) is 47.6 Å². The predicted molar refractivity (Wildman–Crippen MR) is 125 cm³/mol. The number of nitrogens with zero attached hydrogens (tertiary/aromatic N) is 2. The Kier molecular flexibility index (Phi) is 8.97. The van der Waals surface area contributed by atoms with Crippen molar-refractivity contribution in [2.45, 2.75) is 26.5 Å². The van der Waals surface area contributed by atoms with E-state index in [-0.39, 0.29) is 12.3 Å². The third kappa shape index (κ3) is 6.74. The van der Waals surface area contributed by atoms with Crippen molar-refractivity contribution in [2.24, 2.45) is 0 Å². The molecule has 2 aromatic carbocycles. The summed E-state index contributed by atoms with van der Waals surface area (Å²) in [5.74, 6) is 1.33. The van der Waals surface area contributed by atoms with Gasteiger partial charge in [0.15, 0.2) is 10.6 Å². The molecule has 3 rings (SSSR count). The number of carbonyl (C=O) groups excluding carboxylic acids is 1. The molecular weight excluding hydrogens is 428 g/mol. The van der Waals surface area contributed by atoms with Crippen LogP contribution in [0.1, 0.15) is 18.9 Å². The second-order valence-corrected chi connectivity index (χ2v) is 7.37. The van der Waals surface area contributed by atoms with Crippen molar-refractivity contribution in [2.75, 3.05) is 32.2 Å². The van der Waals surface area contributed by atoms with Gasteiger partial charge in [0, 0.05) is 30.8 Å². The molecule has 1 aromatic heterocycles. The van der Waals surface area contributed by atoms with Crippen molar-refractivity contribution >= 4 is 23.8 Å². The molecule has 0 fully saturated rings. The minimum Gasteiger partial charge on any atom is -0.497 e. The van der Waals surface area contributed by atoms with Crippen LogP contribution >= 0.6 is 12.2 Å². The van der Waals surface area contributed by atoms with E-state index in [1.807, 2.05) is 60.0 Å². The molecule has 0 unspecified atom stereocenters. The molecule has 2 N–H and O–H groups in total. The van der Waals surface area contributed by atoms with E-state index in [1.54, 1.807) is 7.11 Å². The van der Waals surface area contributed by atoms with Gasteiger partial charge in [0.25, 0.3) is 0 Å². The first-order chi connectivity index (χ1) is 15.6. The maximum absolute atomic E-state index is 12.5. The number of ether oxygens (including phenoxy) is 3. The molecule has 1 heterocycles. The Balaban J connectivity index is 1.56. The van der Waals surface area contributed by atoms with Gasteiger partial charge in [-0.2, -0.15) is 5.10 Å². The van der Waals surface area contributed by atoms with E-state index in [4.69, 9.17) is 26.4 Å². The van der Waals surface area contributed by atoms with Crippen molar-refractivity contribution < 1.29 is 19.0 Å². The lowest BCUT2D eigenvalue weighted by Crippen LogP contribution is -2.15. The highest BCUT2D eigenvalue weighted by atomic mass is 32.1. The van der Waals surface area contributed by atoms with Crippen LogP contribution in [0, 0.1) is 4.77 Å². The first-order valence-electron chi connectivity index (χ1n) is 10.4. The molecule has 9 heteroatoms. The summed E-state index contributed by atoms with van der Waals surface area (Å²) in [5.41, 5.74) is 2.60. The van der Waals surface area contributed by atoms with Crippen molar-refractivity contribution in [1.29, 1.82) is 0 Å². The summed E-state index contributed by atoms with van der Waals surface area (Å²) in [4.78, 5) is 12.5. The average Bonchev–Trinajstić information content (AvgIpc) is 3.18. The first kappa shape index (κ1) is 23.6. The number of anilines is 1. The van der Waals surface area contributed by atoms with Crippen molar-refractivity contribution in [3.05, 3.63) is 58.9 Å². The SMILES string of the molecule is CCOCCOCc1cccc(NC(=O)CCn2c(-c3ccc(OC)cc3)n[nH]c2=S)c1. The lowest BCUT2D eigenvalue weighted by molar-refractivity contribution is -0.116. The second-order valence-electron chi connectivity index (χ2n) is 6.98. The highest BCUT2D eigenvalue weighted by molar-refractivity contribution is 7.71. The summed E-state index contributed by atoms with van der Waals surface area (Å²) in [6, 6.07) is 15.1. The van der Waals surface area contributed by atoms with Crippen LogP contribution in [0.4, 0.5) is 5.69 Å². The third-order valence-electron chi connectivity index (χ3n) is 4.72. The smallest absolute Gasteiger partial charge is 0.226 e. The van der Waals surface area contributed by atoms with Crippen LogP contribution in [0.3, 0.4) is 0 Å². The van der Waals surface area contributed by atoms with Gasteiger partial charge >= 0.3 is 0 Å². The molecule has 0 radical (unpaired) electrons. The quantitative estimate of drug-likeness (QED) is 0.314. The Morgan fingerprint density at radius 3 is 2.69 bits per heavy atom. The number of aromatic nitrogens is 3. The summed E-state index contributed by atoms with van der Waals surface area (Å²) in [7, 11) is 1.62. The highest BCUT2D eigenvalue weighted by Gasteiger charge is 2.11. The summed E-state index contributed by atoms with van der Waals surface area (Å²) in [6.45, 7) is 4.60. The Morgan fingerprint density at radius 2 is 1.94 bits per heavy atom. The summed E-state index contributed by atoms with van der Waals surface area (Å²) in [6.07, 6.45) is 0.256. The van der Waals surface area contributed by atoms with Gasteiger partial charge < -0.3 is 19.5 Å². The first-order valence-corrected chi connectivity index (χ1v) is 10.9. The van der Waals surface area contributed by atoms with Gasteiger partial charge in [-0.1, -0.05) is 12.1 Å². The fourth-order valence-corrected chi connectivity index (χ4v) is 3.34. The standard InChI is InChI=1S/C23H28N4O4S/c1-3-30-13-14-31-16-17-5-4-6-19(15-17)24-21(28)11-12-27-22(25-26-23(27)32)18-7-9-20(29-2)10-8-18/h4-10,15H,3,11-14,16H2,1-2H3,(H,24,28)(H,26,32). The van der Waals surface area contributed by atoms with E-state index >= 15 is 0 Å². The summed E-state index contributed by atoms with van der Waals surface area (Å²) < 4.78 is 18.3. The fourth-order valence-electron chi connectivity index (χ4n) is 3.11. The van der Waals surface area contributed by atoms with E-state index in [1.165, 1.54) is 0 Å². The molecule has 0 spiro atoms. The van der Waals surface area contributed by atoms with Crippen molar-refractivity contribution in [3.63, 3.8) is 0 Å². The number of aromatic amines is 1. The van der Waals surface area contributed by atoms with E-state index in [0.717, 1.165) is 22.6 Å². The van der Waals surface area contributed by atoms with Gasteiger partial charge in [0.1, 0.15) is 5.75 Å². The number of hydrogen-bond donors (Lipinski definition) is 2. The van der Waals surface area contributed by atoms with Gasteiger partial charge in [-0.25, -0.2) is 0 Å². The topological polar surface area (TPSA) is 90.4 Å². The monoisotopic (exact) mass is 456 g/mol. The normalized spacial score (nSPS) is 10.8. The minimum absolute atomic E-state index is 0.108. The molecule has 0 bridgehead atoms. The number of amides is 1. The number of H-pyrrole nitrogens is 1. The lowest BCUT2D eigenvalue weighted by atomic mass is 10.2. The third-order valence-corrected chi connectivity index (χ3v) is 5.04. The van der Waals surface area contributed by atoms with Crippen molar-refractivity contribution in [3.8, 4) is 17.1 Å². The van der Waals surface area contributed by atoms with E-state index < -0.39 is 0 Å². The van der Waals surface area contributed by atoms with Crippen LogP contribution in [-0.2, 0) is 27.4 Å². The second kappa shape index (κ2) is 12.1. The number of rotatable bonds is 12. The maximum atomic E-state index is 12.5. The molecule has 3 aromatic rings. The van der Waals surface area contributed by atoms with E-state index in [2.05, 4.69) is 15.5 Å². The van der Waals surface area contributed by atoms with Crippen molar-refractivity contribution in [1.82, 2.24) is 14.8 Å². The summed E-state index contributed by atoms with van der Waals surface area (Å²) in [5, 5.41) is 10.1. The fraction of sp³-hybridized carbons (Fsp3) is 0.348. The molecule has 170 valence electrons. The zero-order chi connectivity index (χ0) is 22.8. The van der Waals surface area contributed by atoms with Gasteiger partial charge in [-0.05, 0) is 61.1 Å². The molecule has 0 saturated carbocycles. The Morgan fingerprint density at radius 1 is 1.16 bits per heavy atom. The van der Waals surface area contributed by atoms with Gasteiger partial charge in [-0.3, -0.25) is 14.5 Å². The van der Waals surface area contributed by atoms with Gasteiger partial charge in [0.2, 0.25) is 5.91 Å². The molecule has 0 aliphatic rings. The number of benzene rings is 2. The lowest BCUT2D eigenvalue weighted by Gasteiger charge is -2.10. The van der Waals surface area contributed by atoms with Gasteiger partial charge in [-0.15, -0.1) is 0 Å². The minimum atomic E-state index is -0.108. The van der Waals surface area contributed by atoms with Crippen LogP contribution in [0.2, 0.25) is 0 Å². The predicted octanol–water partition coefficient (Wildman–Crippen LogP) is 4.20. The molecule has 0 atom stereocenters.